The molecule has 25 heavy (non-hydrogen) atoms. The zero-order chi connectivity index (χ0) is 17.4. The highest BCUT2D eigenvalue weighted by molar-refractivity contribution is 7.17. The Bertz CT molecular complexity index is 881. The molecule has 1 aliphatic carbocycles. The number of amides is 1. The Labute approximate surface area is 148 Å². The van der Waals surface area contributed by atoms with Gasteiger partial charge in [-0.1, -0.05) is 5.16 Å². The maximum absolute atomic E-state index is 12.7. The molecule has 0 spiro atoms. The molecule has 3 heterocycles. The lowest BCUT2D eigenvalue weighted by Gasteiger charge is -2.12. The van der Waals surface area contributed by atoms with Crippen molar-refractivity contribution in [3.63, 3.8) is 0 Å². The standard InChI is InChI=1S/C17H17N3O4S/c1-9-18-16(24-20-9)14-12-5-6-23-8-13(12)25-17(14)19-15(22)11-4-2-3-10(11)7-21/h7H,2-6,8H2,1H3,(H,19,22). The van der Waals surface area contributed by atoms with Crippen molar-refractivity contribution in [2.24, 2.45) is 0 Å². The number of thiophene rings is 1. The summed E-state index contributed by atoms with van der Waals surface area (Å²) in [4.78, 5) is 29.2. The summed E-state index contributed by atoms with van der Waals surface area (Å²) >= 11 is 1.47. The summed E-state index contributed by atoms with van der Waals surface area (Å²) in [6, 6.07) is 0. The van der Waals surface area contributed by atoms with Crippen LogP contribution in [0.3, 0.4) is 0 Å². The smallest absolute Gasteiger partial charge is 0.261 e. The van der Waals surface area contributed by atoms with Gasteiger partial charge in [-0.2, -0.15) is 4.98 Å². The molecule has 0 bridgehead atoms. The minimum atomic E-state index is -0.225. The summed E-state index contributed by atoms with van der Waals surface area (Å²) in [6.07, 6.45) is 3.65. The molecular formula is C17H17N3O4S. The molecule has 1 aliphatic heterocycles. The molecular weight excluding hydrogens is 342 g/mol. The molecule has 2 aromatic rings. The number of ether oxygens (including phenoxy) is 1. The van der Waals surface area contributed by atoms with Crippen molar-refractivity contribution >= 4 is 28.5 Å². The Balaban J connectivity index is 1.73. The van der Waals surface area contributed by atoms with E-state index < -0.39 is 0 Å². The van der Waals surface area contributed by atoms with Crippen molar-refractivity contribution in [1.82, 2.24) is 10.1 Å². The van der Waals surface area contributed by atoms with E-state index in [9.17, 15) is 9.59 Å². The fourth-order valence-corrected chi connectivity index (χ4v) is 4.45. The largest absolute Gasteiger partial charge is 0.376 e. The van der Waals surface area contributed by atoms with Crippen LogP contribution >= 0.6 is 11.3 Å². The van der Waals surface area contributed by atoms with Crippen LogP contribution in [0.1, 0.15) is 35.5 Å². The van der Waals surface area contributed by atoms with Gasteiger partial charge < -0.3 is 14.6 Å². The Morgan fingerprint density at radius 2 is 2.20 bits per heavy atom. The van der Waals surface area contributed by atoms with Crippen LogP contribution in [0.25, 0.3) is 11.5 Å². The third-order valence-electron chi connectivity index (χ3n) is 4.47. The molecule has 0 atom stereocenters. The molecule has 2 aromatic heterocycles. The third kappa shape index (κ3) is 2.91. The Morgan fingerprint density at radius 1 is 1.32 bits per heavy atom. The van der Waals surface area contributed by atoms with Gasteiger partial charge in [0.1, 0.15) is 11.3 Å². The topological polar surface area (TPSA) is 94.3 Å². The van der Waals surface area contributed by atoms with Gasteiger partial charge in [0.2, 0.25) is 0 Å². The van der Waals surface area contributed by atoms with Crippen LogP contribution in [-0.4, -0.2) is 28.9 Å². The second-order valence-corrected chi connectivity index (χ2v) is 7.19. The summed E-state index contributed by atoms with van der Waals surface area (Å²) in [5.74, 6) is 0.723. The number of carbonyl (C=O) groups is 2. The molecule has 1 amide bonds. The van der Waals surface area contributed by atoms with Gasteiger partial charge in [-0.05, 0) is 38.2 Å². The predicted octanol–water partition coefficient (Wildman–Crippen LogP) is 2.80. The van der Waals surface area contributed by atoms with Crippen molar-refractivity contribution in [3.8, 4) is 11.5 Å². The first-order valence-corrected chi connectivity index (χ1v) is 9.00. The molecule has 7 nitrogen and oxygen atoms in total. The lowest BCUT2D eigenvalue weighted by molar-refractivity contribution is -0.113. The second kappa shape index (κ2) is 6.53. The van der Waals surface area contributed by atoms with Crippen LogP contribution in [0.2, 0.25) is 0 Å². The summed E-state index contributed by atoms with van der Waals surface area (Å²) in [5.41, 5.74) is 3.04. The van der Waals surface area contributed by atoms with Crippen LogP contribution in [-0.2, 0) is 27.4 Å². The van der Waals surface area contributed by atoms with Crippen molar-refractivity contribution in [2.75, 3.05) is 11.9 Å². The number of anilines is 1. The minimum Gasteiger partial charge on any atom is -0.376 e. The fraction of sp³-hybridized carbons (Fsp3) is 0.412. The van der Waals surface area contributed by atoms with Gasteiger partial charge in [0.05, 0.1) is 18.8 Å². The first-order valence-electron chi connectivity index (χ1n) is 8.19. The number of aryl methyl sites for hydroxylation is 1. The molecule has 0 saturated carbocycles. The van der Waals surface area contributed by atoms with E-state index in [1.54, 1.807) is 6.92 Å². The van der Waals surface area contributed by atoms with Gasteiger partial charge in [0.25, 0.3) is 11.8 Å². The summed E-state index contributed by atoms with van der Waals surface area (Å²) in [5, 5.41) is 7.50. The number of nitrogens with one attached hydrogen (secondary N) is 1. The maximum atomic E-state index is 12.7. The third-order valence-corrected chi connectivity index (χ3v) is 5.59. The molecule has 130 valence electrons. The van der Waals surface area contributed by atoms with E-state index in [2.05, 4.69) is 15.5 Å². The number of hydrogen-bond donors (Lipinski definition) is 1. The van der Waals surface area contributed by atoms with Crippen LogP contribution in [0.4, 0.5) is 5.00 Å². The zero-order valence-electron chi connectivity index (χ0n) is 13.8. The summed E-state index contributed by atoms with van der Waals surface area (Å²) in [7, 11) is 0. The number of nitrogens with zero attached hydrogens (tertiary/aromatic N) is 2. The first-order chi connectivity index (χ1) is 12.2. The predicted molar refractivity (Wildman–Crippen MR) is 91.3 cm³/mol. The summed E-state index contributed by atoms with van der Waals surface area (Å²) in [6.45, 7) is 2.89. The van der Waals surface area contributed by atoms with E-state index in [1.807, 2.05) is 0 Å². The second-order valence-electron chi connectivity index (χ2n) is 6.09. The number of aromatic nitrogens is 2. The van der Waals surface area contributed by atoms with Crippen molar-refractivity contribution < 1.29 is 18.8 Å². The molecule has 0 fully saturated rings. The quantitative estimate of drug-likeness (QED) is 0.844. The average Bonchev–Trinajstić information content (AvgIpc) is 3.31. The van der Waals surface area contributed by atoms with E-state index in [-0.39, 0.29) is 5.91 Å². The maximum Gasteiger partial charge on any atom is 0.261 e. The normalized spacial score (nSPS) is 16.8. The van der Waals surface area contributed by atoms with Crippen LogP contribution in [0.5, 0.6) is 0 Å². The fourth-order valence-electron chi connectivity index (χ4n) is 3.28. The van der Waals surface area contributed by atoms with E-state index >= 15 is 0 Å². The van der Waals surface area contributed by atoms with E-state index in [0.717, 1.165) is 35.1 Å². The highest BCUT2D eigenvalue weighted by atomic mass is 32.1. The van der Waals surface area contributed by atoms with Crippen LogP contribution in [0.15, 0.2) is 15.7 Å². The van der Waals surface area contributed by atoms with Crippen molar-refractivity contribution in [2.45, 2.75) is 39.2 Å². The van der Waals surface area contributed by atoms with Gasteiger partial charge in [0.15, 0.2) is 5.82 Å². The number of allylic oxidation sites excluding steroid dienone is 1. The van der Waals surface area contributed by atoms with Crippen molar-refractivity contribution in [1.29, 1.82) is 0 Å². The van der Waals surface area contributed by atoms with Crippen LogP contribution < -0.4 is 5.32 Å². The number of rotatable bonds is 4. The number of fused-ring (bicyclic) bond motifs is 1. The molecule has 2 aliphatic rings. The molecule has 0 radical (unpaired) electrons. The zero-order valence-corrected chi connectivity index (χ0v) is 14.6. The van der Waals surface area contributed by atoms with E-state index in [1.165, 1.54) is 11.3 Å². The van der Waals surface area contributed by atoms with Gasteiger partial charge in [0, 0.05) is 16.0 Å². The molecule has 8 heteroatoms. The Morgan fingerprint density at radius 3 is 2.96 bits per heavy atom. The van der Waals surface area contributed by atoms with E-state index in [4.69, 9.17) is 9.26 Å². The molecule has 0 unspecified atom stereocenters. The van der Waals surface area contributed by atoms with Gasteiger partial charge in [-0.25, -0.2) is 0 Å². The SMILES string of the molecule is Cc1noc(-c2c(NC(=O)C3=C(C=O)CCC3)sc3c2CCOC3)n1. The Kier molecular flexibility index (Phi) is 4.22. The van der Waals surface area contributed by atoms with E-state index in [0.29, 0.717) is 53.9 Å². The summed E-state index contributed by atoms with van der Waals surface area (Å²) < 4.78 is 10.9. The number of aldehydes is 1. The van der Waals surface area contributed by atoms with Gasteiger partial charge in [-0.15, -0.1) is 11.3 Å². The number of hydrogen-bond acceptors (Lipinski definition) is 7. The molecule has 0 saturated heterocycles. The monoisotopic (exact) mass is 359 g/mol. The lowest BCUT2D eigenvalue weighted by Crippen LogP contribution is -2.14. The van der Waals surface area contributed by atoms with Crippen molar-refractivity contribution in [3.05, 3.63) is 27.4 Å². The average molecular weight is 359 g/mol. The lowest BCUT2D eigenvalue weighted by atomic mass is 10.1. The highest BCUT2D eigenvalue weighted by Gasteiger charge is 2.28. The first kappa shape index (κ1) is 16.2. The molecule has 0 aromatic carbocycles. The Hall–Kier alpha value is -2.32. The minimum absolute atomic E-state index is 0.225. The van der Waals surface area contributed by atoms with Gasteiger partial charge >= 0.3 is 0 Å². The highest BCUT2D eigenvalue weighted by Crippen LogP contribution is 2.43. The number of carbonyl (C=O) groups excluding carboxylic acids is 2. The molecule has 4 rings (SSSR count). The van der Waals surface area contributed by atoms with Crippen LogP contribution in [0, 0.1) is 6.92 Å². The van der Waals surface area contributed by atoms with Gasteiger partial charge in [-0.3, -0.25) is 9.59 Å². The molecule has 1 N–H and O–H groups in total.